The second kappa shape index (κ2) is 2.60. The Labute approximate surface area is 84.8 Å². The van der Waals surface area contributed by atoms with Crippen molar-refractivity contribution in [3.63, 3.8) is 0 Å². The van der Waals surface area contributed by atoms with Crippen LogP contribution in [0.3, 0.4) is 0 Å². The van der Waals surface area contributed by atoms with Crippen molar-refractivity contribution in [1.82, 2.24) is 0 Å². The Hall–Kier alpha value is -0.820. The van der Waals surface area contributed by atoms with Crippen LogP contribution in [0, 0.1) is 0 Å². The maximum absolute atomic E-state index is 10.0. The first-order chi connectivity index (χ1) is 6.73. The van der Waals surface area contributed by atoms with Crippen LogP contribution in [-0.4, -0.2) is 11.2 Å². The smallest absolute Gasteiger partial charge is 0.0614 e. The van der Waals surface area contributed by atoms with E-state index in [1.165, 1.54) is 24.0 Å². The number of hydrogen-bond acceptors (Lipinski definition) is 1. The van der Waals surface area contributed by atoms with Gasteiger partial charge in [0.25, 0.3) is 0 Å². The second-order valence-electron chi connectivity index (χ2n) is 4.93. The van der Waals surface area contributed by atoms with E-state index in [0.717, 1.165) is 6.42 Å². The number of aliphatic hydroxyl groups is 1. The highest BCUT2D eigenvalue weighted by Crippen LogP contribution is 2.57. The van der Waals surface area contributed by atoms with Crippen molar-refractivity contribution < 1.29 is 5.11 Å². The van der Waals surface area contributed by atoms with E-state index in [2.05, 4.69) is 31.2 Å². The molecule has 0 saturated heterocycles. The first kappa shape index (κ1) is 8.49. The van der Waals surface area contributed by atoms with Gasteiger partial charge in [-0.15, -0.1) is 0 Å². The largest absolute Gasteiger partial charge is 0.392 e. The predicted molar refractivity (Wildman–Crippen MR) is 56.4 cm³/mol. The number of fused-ring (bicyclic) bond motifs is 2. The summed E-state index contributed by atoms with van der Waals surface area (Å²) >= 11 is 0. The van der Waals surface area contributed by atoms with Crippen molar-refractivity contribution >= 4 is 0 Å². The van der Waals surface area contributed by atoms with Gasteiger partial charge in [-0.1, -0.05) is 31.2 Å². The van der Waals surface area contributed by atoms with E-state index in [0.29, 0.717) is 11.3 Å². The molecule has 0 aromatic heterocycles. The second-order valence-corrected chi connectivity index (χ2v) is 4.93. The molecular formula is C13H16O. The standard InChI is InChI=1S/C13H16O/c1-9-10-4-2-3-5-11(10)13(6-7-13)8-12(9)14/h2-5,9,12,14H,6-8H2,1H3. The van der Waals surface area contributed by atoms with Crippen molar-refractivity contribution in [3.05, 3.63) is 35.4 Å². The van der Waals surface area contributed by atoms with E-state index < -0.39 is 0 Å². The molecule has 0 aliphatic heterocycles. The average molecular weight is 188 g/mol. The van der Waals surface area contributed by atoms with Gasteiger partial charge in [0.05, 0.1) is 6.10 Å². The van der Waals surface area contributed by atoms with Gasteiger partial charge in [0, 0.05) is 5.92 Å². The summed E-state index contributed by atoms with van der Waals surface area (Å²) in [7, 11) is 0. The molecule has 2 aliphatic rings. The molecule has 1 N–H and O–H groups in total. The van der Waals surface area contributed by atoms with Crippen molar-refractivity contribution in [2.24, 2.45) is 0 Å². The average Bonchev–Trinajstić information content (AvgIpc) is 2.96. The normalized spacial score (nSPS) is 32.7. The van der Waals surface area contributed by atoms with E-state index in [9.17, 15) is 5.11 Å². The summed E-state index contributed by atoms with van der Waals surface area (Å²) in [5.41, 5.74) is 3.25. The molecule has 2 atom stereocenters. The quantitative estimate of drug-likeness (QED) is 0.663. The minimum Gasteiger partial charge on any atom is -0.392 e. The molecule has 1 saturated carbocycles. The molecule has 1 aromatic rings. The van der Waals surface area contributed by atoms with Crippen LogP contribution in [0.4, 0.5) is 0 Å². The van der Waals surface area contributed by atoms with Crippen molar-refractivity contribution in [3.8, 4) is 0 Å². The monoisotopic (exact) mass is 188 g/mol. The fraction of sp³-hybridized carbons (Fsp3) is 0.538. The molecule has 0 bridgehead atoms. The lowest BCUT2D eigenvalue weighted by molar-refractivity contribution is 0.117. The minimum atomic E-state index is -0.132. The van der Waals surface area contributed by atoms with Crippen molar-refractivity contribution in [2.45, 2.75) is 43.6 Å². The lowest BCUT2D eigenvalue weighted by atomic mass is 9.73. The fourth-order valence-electron chi connectivity index (χ4n) is 2.90. The van der Waals surface area contributed by atoms with Crippen LogP contribution in [0.25, 0.3) is 0 Å². The molecule has 1 heteroatoms. The summed E-state index contributed by atoms with van der Waals surface area (Å²) in [6.07, 6.45) is 3.39. The molecule has 14 heavy (non-hydrogen) atoms. The SMILES string of the molecule is CC1c2ccccc2C2(CC2)CC1O. The molecule has 74 valence electrons. The van der Waals surface area contributed by atoms with E-state index in [4.69, 9.17) is 0 Å². The summed E-state index contributed by atoms with van der Waals surface area (Å²) < 4.78 is 0. The zero-order valence-electron chi connectivity index (χ0n) is 8.53. The summed E-state index contributed by atoms with van der Waals surface area (Å²) in [6.45, 7) is 2.14. The van der Waals surface area contributed by atoms with Gasteiger partial charge >= 0.3 is 0 Å². The first-order valence-electron chi connectivity index (χ1n) is 5.50. The van der Waals surface area contributed by atoms with Crippen molar-refractivity contribution in [2.75, 3.05) is 0 Å². The zero-order chi connectivity index (χ0) is 9.76. The highest BCUT2D eigenvalue weighted by atomic mass is 16.3. The number of hydrogen-bond donors (Lipinski definition) is 1. The molecule has 0 radical (unpaired) electrons. The highest BCUT2D eigenvalue weighted by Gasteiger charge is 2.50. The van der Waals surface area contributed by atoms with Gasteiger partial charge in [0.1, 0.15) is 0 Å². The Kier molecular flexibility index (Phi) is 1.58. The topological polar surface area (TPSA) is 20.2 Å². The number of benzene rings is 1. The van der Waals surface area contributed by atoms with Gasteiger partial charge in [0.15, 0.2) is 0 Å². The minimum absolute atomic E-state index is 0.132. The molecule has 1 nitrogen and oxygen atoms in total. The van der Waals surface area contributed by atoms with E-state index in [1.807, 2.05) is 0 Å². The number of aliphatic hydroxyl groups excluding tert-OH is 1. The molecule has 2 unspecified atom stereocenters. The van der Waals surface area contributed by atoms with Crippen molar-refractivity contribution in [1.29, 1.82) is 0 Å². The Morgan fingerprint density at radius 1 is 1.29 bits per heavy atom. The van der Waals surface area contributed by atoms with Gasteiger partial charge < -0.3 is 5.11 Å². The van der Waals surface area contributed by atoms with Crippen LogP contribution in [0.2, 0.25) is 0 Å². The highest BCUT2D eigenvalue weighted by molar-refractivity contribution is 5.43. The summed E-state index contributed by atoms with van der Waals surface area (Å²) in [6, 6.07) is 8.65. The third-order valence-electron chi connectivity index (χ3n) is 4.05. The third-order valence-corrected chi connectivity index (χ3v) is 4.05. The lowest BCUT2D eigenvalue weighted by Crippen LogP contribution is -2.30. The molecule has 3 rings (SSSR count). The van der Waals surface area contributed by atoms with Crippen LogP contribution in [-0.2, 0) is 5.41 Å². The Morgan fingerprint density at radius 3 is 2.71 bits per heavy atom. The Balaban J connectivity index is 2.16. The lowest BCUT2D eigenvalue weighted by Gasteiger charge is -2.34. The van der Waals surface area contributed by atoms with Gasteiger partial charge in [-0.2, -0.15) is 0 Å². The van der Waals surface area contributed by atoms with Gasteiger partial charge in [-0.3, -0.25) is 0 Å². The molecule has 1 aromatic carbocycles. The first-order valence-corrected chi connectivity index (χ1v) is 5.50. The van der Waals surface area contributed by atoms with Crippen LogP contribution in [0.5, 0.6) is 0 Å². The van der Waals surface area contributed by atoms with Crippen LogP contribution >= 0.6 is 0 Å². The summed E-state index contributed by atoms with van der Waals surface area (Å²) in [5.74, 6) is 0.317. The maximum Gasteiger partial charge on any atom is 0.0614 e. The van der Waals surface area contributed by atoms with Crippen LogP contribution in [0.1, 0.15) is 43.2 Å². The predicted octanol–water partition coefficient (Wildman–Crippen LogP) is 2.59. The molecule has 2 aliphatic carbocycles. The van der Waals surface area contributed by atoms with Gasteiger partial charge in [-0.25, -0.2) is 0 Å². The Bertz CT molecular complexity index is 365. The van der Waals surface area contributed by atoms with E-state index in [1.54, 1.807) is 0 Å². The maximum atomic E-state index is 10.0. The summed E-state index contributed by atoms with van der Waals surface area (Å²) in [4.78, 5) is 0. The molecule has 0 amide bonds. The van der Waals surface area contributed by atoms with Crippen LogP contribution < -0.4 is 0 Å². The van der Waals surface area contributed by atoms with E-state index in [-0.39, 0.29) is 6.10 Å². The molecule has 1 spiro atoms. The van der Waals surface area contributed by atoms with Crippen LogP contribution in [0.15, 0.2) is 24.3 Å². The van der Waals surface area contributed by atoms with Gasteiger partial charge in [-0.05, 0) is 35.8 Å². The van der Waals surface area contributed by atoms with Gasteiger partial charge in [0.2, 0.25) is 0 Å². The molecular weight excluding hydrogens is 172 g/mol. The zero-order valence-corrected chi connectivity index (χ0v) is 8.53. The molecule has 1 fully saturated rings. The number of rotatable bonds is 0. The fourth-order valence-corrected chi connectivity index (χ4v) is 2.90. The Morgan fingerprint density at radius 2 is 2.00 bits per heavy atom. The van der Waals surface area contributed by atoms with E-state index >= 15 is 0 Å². The third kappa shape index (κ3) is 0.992. The molecule has 0 heterocycles. The summed E-state index contributed by atoms with van der Waals surface area (Å²) in [5, 5.41) is 10.0.